The zero-order valence-corrected chi connectivity index (χ0v) is 12.9. The minimum absolute atomic E-state index is 0.141. The fraction of sp³-hybridized carbons (Fsp3) is 0.357. The summed E-state index contributed by atoms with van der Waals surface area (Å²) in [6.45, 7) is 3.89. The Balaban J connectivity index is 2.38. The van der Waals surface area contributed by atoms with E-state index in [1.807, 2.05) is 6.07 Å². The minimum atomic E-state index is -0.300. The first-order valence-electron chi connectivity index (χ1n) is 6.36. The third-order valence-electron chi connectivity index (χ3n) is 2.97. The van der Waals surface area contributed by atoms with Gasteiger partial charge in [0.15, 0.2) is 0 Å². The average Bonchev–Trinajstić information content (AvgIpc) is 2.40. The summed E-state index contributed by atoms with van der Waals surface area (Å²) in [6.07, 6.45) is 2.20. The molecule has 0 atom stereocenters. The van der Waals surface area contributed by atoms with Gasteiger partial charge in [-0.15, -0.1) is 0 Å². The molecule has 0 N–H and O–H groups in total. The zero-order chi connectivity index (χ0) is 14.7. The molecule has 20 heavy (non-hydrogen) atoms. The molecule has 0 fully saturated rings. The molecule has 0 spiro atoms. The molecular weight excluding hydrogens is 324 g/mol. The maximum atomic E-state index is 12.4. The van der Waals surface area contributed by atoms with Crippen molar-refractivity contribution in [1.82, 2.24) is 9.38 Å². The third-order valence-corrected chi connectivity index (χ3v) is 3.44. The number of carbonyl (C=O) groups excluding carboxylic acids is 1. The van der Waals surface area contributed by atoms with Crippen LogP contribution in [0.5, 0.6) is 0 Å². The van der Waals surface area contributed by atoms with Gasteiger partial charge in [0.2, 0.25) is 0 Å². The molecule has 0 aromatic carbocycles. The molecule has 0 aliphatic heterocycles. The number of halogens is 1. The van der Waals surface area contributed by atoms with Crippen LogP contribution in [0.15, 0.2) is 27.6 Å². The van der Waals surface area contributed by atoms with Crippen molar-refractivity contribution >= 4 is 27.5 Å². The van der Waals surface area contributed by atoms with E-state index in [1.165, 1.54) is 4.40 Å². The minimum Gasteiger partial charge on any atom is -0.466 e. The number of rotatable bonds is 4. The molecule has 0 radical (unpaired) electrons. The molecule has 2 rings (SSSR count). The second kappa shape index (κ2) is 6.17. The van der Waals surface area contributed by atoms with Crippen LogP contribution in [0.2, 0.25) is 0 Å². The molecule has 0 bridgehead atoms. The Kier molecular flexibility index (Phi) is 4.54. The highest BCUT2D eigenvalue weighted by atomic mass is 79.9. The van der Waals surface area contributed by atoms with Crippen LogP contribution in [0.4, 0.5) is 0 Å². The summed E-state index contributed by atoms with van der Waals surface area (Å²) in [4.78, 5) is 28.2. The molecule has 0 aliphatic rings. The van der Waals surface area contributed by atoms with Gasteiger partial charge in [0, 0.05) is 28.3 Å². The van der Waals surface area contributed by atoms with E-state index < -0.39 is 0 Å². The van der Waals surface area contributed by atoms with Gasteiger partial charge in [-0.25, -0.2) is 4.98 Å². The molecule has 2 aromatic rings. The number of fused-ring (bicyclic) bond motifs is 1. The van der Waals surface area contributed by atoms with Crippen molar-refractivity contribution in [3.63, 3.8) is 0 Å². The lowest BCUT2D eigenvalue weighted by atomic mass is 10.1. The largest absolute Gasteiger partial charge is 0.466 e. The summed E-state index contributed by atoms with van der Waals surface area (Å²) >= 11 is 3.33. The maximum Gasteiger partial charge on any atom is 0.306 e. The van der Waals surface area contributed by atoms with Gasteiger partial charge in [-0.1, -0.05) is 0 Å². The molecule has 2 heterocycles. The number of pyridine rings is 1. The monoisotopic (exact) mass is 338 g/mol. The number of hydrogen-bond donors (Lipinski definition) is 0. The van der Waals surface area contributed by atoms with Crippen LogP contribution < -0.4 is 5.56 Å². The first kappa shape index (κ1) is 14.7. The first-order chi connectivity index (χ1) is 9.52. The number of ether oxygens (including phenoxy) is 1. The Labute approximate surface area is 124 Å². The summed E-state index contributed by atoms with van der Waals surface area (Å²) < 4.78 is 7.16. The van der Waals surface area contributed by atoms with Gasteiger partial charge >= 0.3 is 5.97 Å². The van der Waals surface area contributed by atoms with Gasteiger partial charge in [0.1, 0.15) is 5.65 Å². The highest BCUT2D eigenvalue weighted by Gasteiger charge is 2.12. The molecule has 106 valence electrons. The second-order valence-electron chi connectivity index (χ2n) is 4.36. The van der Waals surface area contributed by atoms with Gasteiger partial charge in [0.25, 0.3) is 5.56 Å². The zero-order valence-electron chi connectivity index (χ0n) is 11.4. The van der Waals surface area contributed by atoms with E-state index in [-0.39, 0.29) is 17.9 Å². The Morgan fingerprint density at radius 2 is 2.20 bits per heavy atom. The van der Waals surface area contributed by atoms with Gasteiger partial charge in [0.05, 0.1) is 6.61 Å². The van der Waals surface area contributed by atoms with Crippen molar-refractivity contribution in [2.24, 2.45) is 0 Å². The lowest BCUT2D eigenvalue weighted by Gasteiger charge is -2.08. The van der Waals surface area contributed by atoms with E-state index in [0.29, 0.717) is 29.9 Å². The first-order valence-corrected chi connectivity index (χ1v) is 7.15. The Morgan fingerprint density at radius 1 is 1.45 bits per heavy atom. The van der Waals surface area contributed by atoms with Crippen LogP contribution in [0.3, 0.4) is 0 Å². The number of aromatic nitrogens is 2. The summed E-state index contributed by atoms with van der Waals surface area (Å²) in [7, 11) is 0. The molecule has 0 amide bonds. The summed E-state index contributed by atoms with van der Waals surface area (Å²) in [5.74, 6) is -0.300. The molecule has 0 saturated carbocycles. The maximum absolute atomic E-state index is 12.4. The normalized spacial score (nSPS) is 10.8. The lowest BCUT2D eigenvalue weighted by molar-refractivity contribution is -0.143. The van der Waals surface area contributed by atoms with E-state index in [2.05, 4.69) is 20.9 Å². The van der Waals surface area contributed by atoms with Crippen molar-refractivity contribution in [2.45, 2.75) is 26.7 Å². The summed E-state index contributed by atoms with van der Waals surface area (Å²) in [6, 6.07) is 3.60. The Bertz CT molecular complexity index is 709. The predicted octanol–water partition coefficient (Wildman–Crippen LogP) is 2.26. The smallest absolute Gasteiger partial charge is 0.306 e. The van der Waals surface area contributed by atoms with Gasteiger partial charge < -0.3 is 4.74 Å². The number of aryl methyl sites for hydroxylation is 1. The van der Waals surface area contributed by atoms with E-state index in [0.717, 1.165) is 4.47 Å². The SMILES string of the molecule is CCOC(=O)CCc1c(C)nc2ccc(Br)cn2c1=O. The Hall–Kier alpha value is -1.69. The number of nitrogens with zero attached hydrogens (tertiary/aromatic N) is 2. The summed E-state index contributed by atoms with van der Waals surface area (Å²) in [5, 5.41) is 0. The topological polar surface area (TPSA) is 60.7 Å². The second-order valence-corrected chi connectivity index (χ2v) is 5.28. The third kappa shape index (κ3) is 3.07. The highest BCUT2D eigenvalue weighted by molar-refractivity contribution is 9.10. The van der Waals surface area contributed by atoms with Crippen molar-refractivity contribution in [1.29, 1.82) is 0 Å². The highest BCUT2D eigenvalue weighted by Crippen LogP contribution is 2.11. The summed E-state index contributed by atoms with van der Waals surface area (Å²) in [5.41, 5.74) is 1.66. The fourth-order valence-electron chi connectivity index (χ4n) is 2.01. The van der Waals surface area contributed by atoms with E-state index >= 15 is 0 Å². The van der Waals surface area contributed by atoms with Crippen LogP contribution >= 0.6 is 15.9 Å². The molecule has 5 nitrogen and oxygen atoms in total. The fourth-order valence-corrected chi connectivity index (χ4v) is 2.35. The predicted molar refractivity (Wildman–Crippen MR) is 78.9 cm³/mol. The van der Waals surface area contributed by atoms with Crippen molar-refractivity contribution in [3.05, 3.63) is 44.4 Å². The Morgan fingerprint density at radius 3 is 2.90 bits per heavy atom. The standard InChI is InChI=1S/C14H15BrN2O3/c1-3-20-13(18)7-5-11-9(2)16-12-6-4-10(15)8-17(12)14(11)19/h4,6,8H,3,5,7H2,1-2H3. The quantitative estimate of drug-likeness (QED) is 0.802. The number of carbonyl (C=O) groups is 1. The van der Waals surface area contributed by atoms with Crippen LogP contribution in [0, 0.1) is 6.92 Å². The number of esters is 1. The average molecular weight is 339 g/mol. The molecule has 0 unspecified atom stereocenters. The van der Waals surface area contributed by atoms with Crippen LogP contribution in [-0.4, -0.2) is 22.0 Å². The van der Waals surface area contributed by atoms with Crippen molar-refractivity contribution in [2.75, 3.05) is 6.61 Å². The molecule has 2 aromatic heterocycles. The van der Waals surface area contributed by atoms with Crippen molar-refractivity contribution in [3.8, 4) is 0 Å². The molecule has 6 heteroatoms. The van der Waals surface area contributed by atoms with Crippen LogP contribution in [-0.2, 0) is 16.0 Å². The van der Waals surface area contributed by atoms with Gasteiger partial charge in [-0.3, -0.25) is 14.0 Å². The lowest BCUT2D eigenvalue weighted by Crippen LogP contribution is -2.22. The van der Waals surface area contributed by atoms with Gasteiger partial charge in [-0.05, 0) is 48.3 Å². The van der Waals surface area contributed by atoms with Gasteiger partial charge in [-0.2, -0.15) is 0 Å². The molecule has 0 saturated heterocycles. The van der Waals surface area contributed by atoms with Crippen LogP contribution in [0.25, 0.3) is 5.65 Å². The molecule has 0 aliphatic carbocycles. The van der Waals surface area contributed by atoms with E-state index in [4.69, 9.17) is 4.74 Å². The molecular formula is C14H15BrN2O3. The van der Waals surface area contributed by atoms with Crippen molar-refractivity contribution < 1.29 is 9.53 Å². The van der Waals surface area contributed by atoms with E-state index in [9.17, 15) is 9.59 Å². The van der Waals surface area contributed by atoms with E-state index in [1.54, 1.807) is 26.1 Å². The van der Waals surface area contributed by atoms with Crippen LogP contribution in [0.1, 0.15) is 24.6 Å². The number of hydrogen-bond acceptors (Lipinski definition) is 4.